The molecule has 3 aromatic rings. The number of aromatic nitrogens is 2. The molecule has 7 heteroatoms. The van der Waals surface area contributed by atoms with Gasteiger partial charge in [-0.3, -0.25) is 4.57 Å². The van der Waals surface area contributed by atoms with Crippen LogP contribution in [0, 0.1) is 0 Å². The van der Waals surface area contributed by atoms with Gasteiger partial charge in [0.25, 0.3) is 0 Å². The van der Waals surface area contributed by atoms with Crippen molar-refractivity contribution in [3.05, 3.63) is 58.6 Å². The number of fused-ring (bicyclic) bond motifs is 3. The van der Waals surface area contributed by atoms with Crippen molar-refractivity contribution >= 4 is 34.6 Å². The Morgan fingerprint density at radius 1 is 1.44 bits per heavy atom. The van der Waals surface area contributed by atoms with E-state index in [0.717, 1.165) is 16.6 Å². The lowest BCUT2D eigenvalue weighted by molar-refractivity contribution is -0.139. The summed E-state index contributed by atoms with van der Waals surface area (Å²) < 4.78 is 12.5. The Bertz CT molecular complexity index is 989. The molecule has 0 saturated carbocycles. The largest absolute Gasteiger partial charge is 0.472 e. The molecule has 25 heavy (non-hydrogen) atoms. The van der Waals surface area contributed by atoms with E-state index in [4.69, 9.17) is 20.8 Å². The Morgan fingerprint density at radius 3 is 3.00 bits per heavy atom. The highest BCUT2D eigenvalue weighted by atomic mass is 35.5. The fraction of sp³-hybridized carbons (Fsp3) is 0.222. The molecule has 0 bridgehead atoms. The van der Waals surface area contributed by atoms with Gasteiger partial charge >= 0.3 is 5.97 Å². The maximum atomic E-state index is 12.6. The summed E-state index contributed by atoms with van der Waals surface area (Å²) in [5.41, 5.74) is 3.71. The second-order valence-corrected chi connectivity index (χ2v) is 6.22. The number of anilines is 1. The van der Waals surface area contributed by atoms with Gasteiger partial charge in [-0.15, -0.1) is 0 Å². The van der Waals surface area contributed by atoms with Crippen molar-refractivity contribution in [2.75, 3.05) is 11.9 Å². The quantitative estimate of drug-likeness (QED) is 0.713. The van der Waals surface area contributed by atoms with Crippen LogP contribution in [0.1, 0.15) is 25.5 Å². The van der Waals surface area contributed by atoms with Crippen LogP contribution in [0.4, 0.5) is 5.95 Å². The van der Waals surface area contributed by atoms with E-state index in [-0.39, 0.29) is 12.0 Å². The monoisotopic (exact) mass is 357 g/mol. The van der Waals surface area contributed by atoms with Gasteiger partial charge in [0.05, 0.1) is 41.8 Å². The minimum absolute atomic E-state index is 0.306. The molecular weight excluding hydrogens is 342 g/mol. The summed E-state index contributed by atoms with van der Waals surface area (Å²) in [7, 11) is 0. The summed E-state index contributed by atoms with van der Waals surface area (Å²) in [5, 5.41) is 3.82. The van der Waals surface area contributed by atoms with Crippen molar-refractivity contribution in [3.63, 3.8) is 0 Å². The lowest BCUT2D eigenvalue weighted by Gasteiger charge is -2.29. The number of carbonyl (C=O) groups excluding carboxylic acids is 1. The molecule has 3 heterocycles. The van der Waals surface area contributed by atoms with Crippen molar-refractivity contribution < 1.29 is 13.9 Å². The van der Waals surface area contributed by atoms with Crippen LogP contribution in [0.5, 0.6) is 0 Å². The molecule has 1 aliphatic heterocycles. The molecule has 6 nitrogen and oxygen atoms in total. The highest BCUT2D eigenvalue weighted by Gasteiger charge is 2.35. The van der Waals surface area contributed by atoms with Crippen LogP contribution in [-0.2, 0) is 9.53 Å². The first-order valence-electron chi connectivity index (χ1n) is 7.94. The van der Waals surface area contributed by atoms with Gasteiger partial charge in [-0.2, -0.15) is 0 Å². The van der Waals surface area contributed by atoms with E-state index in [1.807, 2.05) is 23.6 Å². The maximum absolute atomic E-state index is 12.6. The molecule has 2 aromatic heterocycles. The lowest BCUT2D eigenvalue weighted by Crippen LogP contribution is -2.28. The fourth-order valence-corrected chi connectivity index (χ4v) is 3.38. The minimum Gasteiger partial charge on any atom is -0.472 e. The second kappa shape index (κ2) is 5.97. The first kappa shape index (κ1) is 15.8. The maximum Gasteiger partial charge on any atom is 0.338 e. The van der Waals surface area contributed by atoms with E-state index in [1.165, 1.54) is 0 Å². The van der Waals surface area contributed by atoms with E-state index in [2.05, 4.69) is 10.3 Å². The molecule has 128 valence electrons. The van der Waals surface area contributed by atoms with E-state index >= 15 is 0 Å². The molecule has 1 aromatic carbocycles. The third kappa shape index (κ3) is 2.49. The fourth-order valence-electron chi connectivity index (χ4n) is 3.21. The summed E-state index contributed by atoms with van der Waals surface area (Å²) in [4.78, 5) is 17.2. The van der Waals surface area contributed by atoms with Gasteiger partial charge in [0, 0.05) is 16.3 Å². The van der Waals surface area contributed by atoms with Crippen molar-refractivity contribution in [1.29, 1.82) is 0 Å². The van der Waals surface area contributed by atoms with Gasteiger partial charge in [-0.25, -0.2) is 9.78 Å². The number of hydrogen-bond acceptors (Lipinski definition) is 5. The molecule has 4 rings (SSSR count). The first-order chi connectivity index (χ1) is 12.1. The summed E-state index contributed by atoms with van der Waals surface area (Å²) in [6.45, 7) is 3.94. The van der Waals surface area contributed by atoms with Crippen molar-refractivity contribution in [2.45, 2.75) is 19.9 Å². The Hall–Kier alpha value is -2.73. The van der Waals surface area contributed by atoms with E-state index in [0.29, 0.717) is 28.8 Å². The van der Waals surface area contributed by atoms with Crippen molar-refractivity contribution in [1.82, 2.24) is 9.55 Å². The van der Waals surface area contributed by atoms with Crippen LogP contribution in [0.2, 0.25) is 5.02 Å². The molecule has 0 saturated heterocycles. The number of furan rings is 1. The van der Waals surface area contributed by atoms with Gasteiger partial charge in [-0.05, 0) is 38.1 Å². The predicted molar refractivity (Wildman–Crippen MR) is 94.5 cm³/mol. The Balaban J connectivity index is 1.97. The molecule has 0 spiro atoms. The average Bonchev–Trinajstić information content (AvgIpc) is 3.20. The number of allylic oxidation sites excluding steroid dienone is 1. The number of nitrogens with one attached hydrogen (secondary N) is 1. The van der Waals surface area contributed by atoms with Crippen LogP contribution in [0.15, 0.2) is 52.5 Å². The van der Waals surface area contributed by atoms with Crippen LogP contribution in [0.25, 0.3) is 11.0 Å². The molecule has 1 aliphatic rings. The number of halogens is 1. The summed E-state index contributed by atoms with van der Waals surface area (Å²) in [6.07, 6.45) is 3.22. The molecule has 1 N–H and O–H groups in total. The zero-order valence-corrected chi connectivity index (χ0v) is 14.5. The number of esters is 1. The number of nitrogens with zero attached hydrogens (tertiary/aromatic N) is 2. The van der Waals surface area contributed by atoms with Gasteiger partial charge < -0.3 is 14.5 Å². The molecule has 1 atom stereocenters. The van der Waals surface area contributed by atoms with Crippen molar-refractivity contribution in [2.24, 2.45) is 0 Å². The van der Waals surface area contributed by atoms with Gasteiger partial charge in [-0.1, -0.05) is 11.6 Å². The number of carbonyl (C=O) groups is 1. The minimum atomic E-state index is -0.389. The number of ether oxygens (including phenoxy) is 1. The SMILES string of the molecule is CCOC(=O)C1=C(C)Nc2nc3cc(Cl)ccc3n2C1c1ccoc1. The topological polar surface area (TPSA) is 69.3 Å². The first-order valence-corrected chi connectivity index (χ1v) is 8.32. The molecule has 1 unspecified atom stereocenters. The van der Waals surface area contributed by atoms with Crippen LogP contribution in [-0.4, -0.2) is 22.1 Å². The molecule has 0 aliphatic carbocycles. The van der Waals surface area contributed by atoms with Gasteiger partial charge in [0.1, 0.15) is 0 Å². The van der Waals surface area contributed by atoms with Crippen LogP contribution < -0.4 is 5.32 Å². The average molecular weight is 358 g/mol. The number of benzene rings is 1. The Morgan fingerprint density at radius 2 is 2.28 bits per heavy atom. The molecule has 0 amide bonds. The zero-order chi connectivity index (χ0) is 17.6. The Kier molecular flexibility index (Phi) is 3.77. The smallest absolute Gasteiger partial charge is 0.338 e. The number of rotatable bonds is 3. The highest BCUT2D eigenvalue weighted by Crippen LogP contribution is 2.40. The molecule has 0 fully saturated rings. The van der Waals surface area contributed by atoms with E-state index in [1.54, 1.807) is 31.6 Å². The second-order valence-electron chi connectivity index (χ2n) is 5.78. The lowest BCUT2D eigenvalue weighted by atomic mass is 9.97. The van der Waals surface area contributed by atoms with Crippen molar-refractivity contribution in [3.8, 4) is 0 Å². The summed E-state index contributed by atoms with van der Waals surface area (Å²) in [6, 6.07) is 6.96. The highest BCUT2D eigenvalue weighted by molar-refractivity contribution is 6.31. The zero-order valence-electron chi connectivity index (χ0n) is 13.7. The Labute approximate surface area is 149 Å². The van der Waals surface area contributed by atoms with E-state index in [9.17, 15) is 4.79 Å². The molecular formula is C18H16ClN3O3. The normalized spacial score (nSPS) is 16.7. The number of imidazole rings is 1. The van der Waals surface area contributed by atoms with Crippen LogP contribution >= 0.6 is 11.6 Å². The van der Waals surface area contributed by atoms with Gasteiger partial charge in [0.15, 0.2) is 0 Å². The third-order valence-corrected chi connectivity index (χ3v) is 4.48. The predicted octanol–water partition coefficient (Wildman–Crippen LogP) is 4.13. The summed E-state index contributed by atoms with van der Waals surface area (Å²) in [5.74, 6) is 0.286. The van der Waals surface area contributed by atoms with Crippen LogP contribution in [0.3, 0.4) is 0 Å². The van der Waals surface area contributed by atoms with E-state index < -0.39 is 0 Å². The molecule has 0 radical (unpaired) electrons. The summed E-state index contributed by atoms with van der Waals surface area (Å²) >= 11 is 6.10. The standard InChI is InChI=1S/C18H16ClN3O3/c1-3-25-17(23)15-10(2)20-18-21-13-8-12(19)4-5-14(13)22(18)16(15)11-6-7-24-9-11/h4-9,16H,3H2,1-2H3,(H,20,21). The third-order valence-electron chi connectivity index (χ3n) is 4.24. The van der Waals surface area contributed by atoms with Gasteiger partial charge in [0.2, 0.25) is 5.95 Å². The number of hydrogen-bond donors (Lipinski definition) is 1.